The second-order valence-corrected chi connectivity index (χ2v) is 9.84. The lowest BCUT2D eigenvalue weighted by molar-refractivity contribution is -0.141. The van der Waals surface area contributed by atoms with Crippen molar-refractivity contribution in [3.63, 3.8) is 0 Å². The number of hydrogen-bond donors (Lipinski definition) is 1. The average Bonchev–Trinajstić information content (AvgIpc) is 3.11. The lowest BCUT2D eigenvalue weighted by Crippen LogP contribution is -2.50. The van der Waals surface area contributed by atoms with E-state index in [4.69, 9.17) is 0 Å². The van der Waals surface area contributed by atoms with Crippen LogP contribution in [0.3, 0.4) is 0 Å². The molecule has 3 aromatic carbocycles. The minimum Gasteiger partial charge on any atom is -0.352 e. The summed E-state index contributed by atoms with van der Waals surface area (Å²) in [4.78, 5) is 43.1. The molecule has 0 aromatic heterocycles. The van der Waals surface area contributed by atoms with Crippen LogP contribution in [-0.4, -0.2) is 41.2 Å². The minimum atomic E-state index is -0.549. The highest BCUT2D eigenvalue weighted by Crippen LogP contribution is 2.37. The van der Waals surface area contributed by atoms with Gasteiger partial charge in [-0.15, -0.1) is 0 Å². The number of hydrogen-bond acceptors (Lipinski definition) is 3. The number of carbonyl (C=O) groups excluding carboxylic acids is 3. The number of benzene rings is 3. The van der Waals surface area contributed by atoms with E-state index in [1.54, 1.807) is 9.80 Å². The molecule has 0 aliphatic carbocycles. The first-order chi connectivity index (χ1) is 17.3. The lowest BCUT2D eigenvalue weighted by atomic mass is 10.1. The van der Waals surface area contributed by atoms with Crippen LogP contribution in [0.5, 0.6) is 0 Å². The normalized spacial score (nSPS) is 13.4. The van der Waals surface area contributed by atoms with Gasteiger partial charge >= 0.3 is 0 Å². The maximum atomic E-state index is 13.5. The predicted octanol–water partition coefficient (Wildman–Crippen LogP) is 5.22. The van der Waals surface area contributed by atoms with Gasteiger partial charge < -0.3 is 15.1 Å². The van der Waals surface area contributed by atoms with Crippen LogP contribution in [0, 0.1) is 6.92 Å². The van der Waals surface area contributed by atoms with Gasteiger partial charge in [-0.25, -0.2) is 0 Å². The maximum absolute atomic E-state index is 13.5. The van der Waals surface area contributed by atoms with Crippen LogP contribution in [0.15, 0.2) is 60.7 Å². The fourth-order valence-corrected chi connectivity index (χ4v) is 5.04. The molecule has 6 nitrogen and oxygen atoms in total. The van der Waals surface area contributed by atoms with Gasteiger partial charge in [-0.1, -0.05) is 61.0 Å². The van der Waals surface area contributed by atoms with E-state index in [1.165, 1.54) is 0 Å². The third kappa shape index (κ3) is 5.27. The molecule has 0 radical (unpaired) electrons. The van der Waals surface area contributed by atoms with Crippen LogP contribution in [0.4, 0.5) is 5.69 Å². The molecule has 0 bridgehead atoms. The van der Waals surface area contributed by atoms with E-state index < -0.39 is 6.04 Å². The van der Waals surface area contributed by atoms with Crippen LogP contribution in [0.25, 0.3) is 10.8 Å². The number of aryl methyl sites for hydroxylation is 1. The molecule has 1 aliphatic rings. The number of nitrogens with zero attached hydrogens (tertiary/aromatic N) is 2. The van der Waals surface area contributed by atoms with Crippen molar-refractivity contribution >= 4 is 34.2 Å². The fraction of sp³-hybridized carbons (Fsp3) is 0.367. The number of rotatable bonds is 10. The van der Waals surface area contributed by atoms with Gasteiger partial charge in [-0.3, -0.25) is 14.4 Å². The molecule has 188 valence electrons. The zero-order chi connectivity index (χ0) is 25.8. The van der Waals surface area contributed by atoms with Gasteiger partial charge in [0, 0.05) is 36.5 Å². The molecule has 3 amide bonds. The van der Waals surface area contributed by atoms with Crippen molar-refractivity contribution in [1.82, 2.24) is 10.2 Å². The van der Waals surface area contributed by atoms with Crippen molar-refractivity contribution in [3.05, 3.63) is 77.4 Å². The van der Waals surface area contributed by atoms with E-state index in [1.807, 2.05) is 88.4 Å². The van der Waals surface area contributed by atoms with E-state index in [0.717, 1.165) is 27.6 Å². The third-order valence-electron chi connectivity index (χ3n) is 6.67. The number of amides is 3. The number of anilines is 1. The Morgan fingerprint density at radius 1 is 1.03 bits per heavy atom. The number of nitrogens with one attached hydrogen (secondary N) is 1. The van der Waals surface area contributed by atoms with Crippen LogP contribution in [0.1, 0.15) is 61.5 Å². The van der Waals surface area contributed by atoms with Gasteiger partial charge in [0.25, 0.3) is 5.91 Å². The highest BCUT2D eigenvalue weighted by Gasteiger charge is 2.31. The van der Waals surface area contributed by atoms with Crippen LogP contribution in [-0.2, 0) is 16.1 Å². The summed E-state index contributed by atoms with van der Waals surface area (Å²) in [7, 11) is 0. The second kappa shape index (κ2) is 10.9. The zero-order valence-corrected chi connectivity index (χ0v) is 21.6. The van der Waals surface area contributed by atoms with E-state index in [-0.39, 0.29) is 30.2 Å². The molecule has 1 atom stereocenters. The molecule has 0 fully saturated rings. The first kappa shape index (κ1) is 25.4. The smallest absolute Gasteiger partial charge is 0.258 e. The third-order valence-corrected chi connectivity index (χ3v) is 6.67. The molecule has 36 heavy (non-hydrogen) atoms. The van der Waals surface area contributed by atoms with Gasteiger partial charge in [-0.05, 0) is 56.7 Å². The Kier molecular flexibility index (Phi) is 7.73. The molecule has 0 spiro atoms. The molecule has 0 saturated heterocycles. The van der Waals surface area contributed by atoms with E-state index in [2.05, 4.69) is 5.32 Å². The fourth-order valence-electron chi connectivity index (χ4n) is 5.04. The molecule has 3 aromatic rings. The highest BCUT2D eigenvalue weighted by atomic mass is 16.2. The minimum absolute atomic E-state index is 0.00649. The predicted molar refractivity (Wildman–Crippen MR) is 144 cm³/mol. The maximum Gasteiger partial charge on any atom is 0.258 e. The Hall–Kier alpha value is -3.67. The summed E-state index contributed by atoms with van der Waals surface area (Å²) in [6.45, 7) is 8.61. The van der Waals surface area contributed by atoms with Crippen molar-refractivity contribution < 1.29 is 14.4 Å². The molecule has 1 heterocycles. The quantitative estimate of drug-likeness (QED) is 0.428. The standard InChI is InChI=1S/C30H35N3O3/c1-5-25(29(35)31-20(2)3)33(19-22-11-6-10-21(4)18-22)27(34)16-9-17-32-26-15-8-13-23-12-7-14-24(28(23)26)30(32)36/h6-8,10-15,18,20,25H,5,9,16-17,19H2,1-4H3,(H,31,35)/t25-/m0/s1. The van der Waals surface area contributed by atoms with Gasteiger partial charge in [0.1, 0.15) is 6.04 Å². The molecule has 4 rings (SSSR count). The van der Waals surface area contributed by atoms with Crippen LogP contribution in [0.2, 0.25) is 0 Å². The van der Waals surface area contributed by atoms with Crippen LogP contribution < -0.4 is 10.2 Å². The number of carbonyl (C=O) groups is 3. The highest BCUT2D eigenvalue weighted by molar-refractivity contribution is 6.25. The first-order valence-corrected chi connectivity index (χ1v) is 12.8. The molecular weight excluding hydrogens is 450 g/mol. The summed E-state index contributed by atoms with van der Waals surface area (Å²) in [5, 5.41) is 4.99. The first-order valence-electron chi connectivity index (χ1n) is 12.8. The Balaban J connectivity index is 1.49. The van der Waals surface area contributed by atoms with Gasteiger partial charge in [-0.2, -0.15) is 0 Å². The van der Waals surface area contributed by atoms with Crippen LogP contribution >= 0.6 is 0 Å². The van der Waals surface area contributed by atoms with Crippen molar-refractivity contribution in [1.29, 1.82) is 0 Å². The van der Waals surface area contributed by atoms with Gasteiger partial charge in [0.2, 0.25) is 11.8 Å². The van der Waals surface area contributed by atoms with Gasteiger partial charge in [0.05, 0.1) is 5.69 Å². The molecule has 1 N–H and O–H groups in total. The topological polar surface area (TPSA) is 69.7 Å². The molecule has 1 aliphatic heterocycles. The molecule has 6 heteroatoms. The Morgan fingerprint density at radius 2 is 1.75 bits per heavy atom. The summed E-state index contributed by atoms with van der Waals surface area (Å²) in [5.41, 5.74) is 3.73. The van der Waals surface area contributed by atoms with Crippen molar-refractivity contribution in [2.24, 2.45) is 0 Å². The van der Waals surface area contributed by atoms with E-state index in [0.29, 0.717) is 31.5 Å². The Labute approximate surface area is 213 Å². The van der Waals surface area contributed by atoms with Crippen molar-refractivity contribution in [2.75, 3.05) is 11.4 Å². The summed E-state index contributed by atoms with van der Waals surface area (Å²) < 4.78 is 0. The largest absolute Gasteiger partial charge is 0.352 e. The van der Waals surface area contributed by atoms with Crippen molar-refractivity contribution in [3.8, 4) is 0 Å². The average molecular weight is 486 g/mol. The monoisotopic (exact) mass is 485 g/mol. The molecule has 0 saturated carbocycles. The summed E-state index contributed by atoms with van der Waals surface area (Å²) in [5.74, 6) is -0.233. The Morgan fingerprint density at radius 3 is 2.44 bits per heavy atom. The zero-order valence-electron chi connectivity index (χ0n) is 21.6. The van der Waals surface area contributed by atoms with E-state index >= 15 is 0 Å². The van der Waals surface area contributed by atoms with Gasteiger partial charge in [0.15, 0.2) is 0 Å². The SMILES string of the molecule is CC[C@@H](C(=O)NC(C)C)N(Cc1cccc(C)c1)C(=O)CCCN1C(=O)c2cccc3cccc1c23. The van der Waals surface area contributed by atoms with E-state index in [9.17, 15) is 14.4 Å². The van der Waals surface area contributed by atoms with Crippen molar-refractivity contribution in [2.45, 2.75) is 65.6 Å². The molecular formula is C30H35N3O3. The Bertz CT molecular complexity index is 1280. The lowest BCUT2D eigenvalue weighted by Gasteiger charge is -2.31. The summed E-state index contributed by atoms with van der Waals surface area (Å²) >= 11 is 0. The summed E-state index contributed by atoms with van der Waals surface area (Å²) in [6, 6.07) is 19.2. The summed E-state index contributed by atoms with van der Waals surface area (Å²) in [6.07, 6.45) is 1.30. The second-order valence-electron chi connectivity index (χ2n) is 9.84. The molecule has 0 unspecified atom stereocenters.